The van der Waals surface area contributed by atoms with Crippen molar-refractivity contribution in [1.29, 1.82) is 0 Å². The Morgan fingerprint density at radius 1 is 0.885 bits per heavy atom. The molecule has 0 radical (unpaired) electrons. The Labute approximate surface area is 160 Å². The number of hydrogen-bond acceptors (Lipinski definition) is 4. The van der Waals surface area contributed by atoms with Crippen LogP contribution in [-0.4, -0.2) is 11.8 Å². The Kier molecular flexibility index (Phi) is 4.49. The fraction of sp³-hybridized carbons (Fsp3) is 0.0476. The number of rotatable bonds is 4. The van der Waals surface area contributed by atoms with Gasteiger partial charge in [-0.1, -0.05) is 48.2 Å². The smallest absolute Gasteiger partial charge is 0.268 e. The van der Waals surface area contributed by atoms with Gasteiger partial charge in [0.25, 0.3) is 11.8 Å². The molecule has 0 fully saturated rings. The van der Waals surface area contributed by atoms with E-state index in [4.69, 9.17) is 0 Å². The van der Waals surface area contributed by atoms with Crippen LogP contribution >= 0.6 is 23.1 Å². The zero-order chi connectivity index (χ0) is 18.1. The minimum Gasteiger partial charge on any atom is -0.268 e. The summed E-state index contributed by atoms with van der Waals surface area (Å²) in [6, 6.07) is 20.9. The maximum atomic E-state index is 13.2. The monoisotopic (exact) mass is 377 g/mol. The van der Waals surface area contributed by atoms with Crippen LogP contribution in [0.25, 0.3) is 5.57 Å². The zero-order valence-corrected chi connectivity index (χ0v) is 15.6. The van der Waals surface area contributed by atoms with Gasteiger partial charge in [-0.2, -0.15) is 0 Å². The maximum Gasteiger partial charge on any atom is 0.272 e. The number of carbonyl (C=O) groups is 2. The Bertz CT molecular complexity index is 1010. The topological polar surface area (TPSA) is 37.4 Å². The van der Waals surface area contributed by atoms with Gasteiger partial charge in [0.15, 0.2) is 0 Å². The van der Waals surface area contributed by atoms with Crippen LogP contribution in [0.4, 0.5) is 5.69 Å². The number of benzene rings is 2. The molecule has 1 aliphatic heterocycles. The highest BCUT2D eigenvalue weighted by Crippen LogP contribution is 2.42. The first-order valence-corrected chi connectivity index (χ1v) is 9.81. The second-order valence-electron chi connectivity index (χ2n) is 5.88. The van der Waals surface area contributed by atoms with Gasteiger partial charge < -0.3 is 0 Å². The van der Waals surface area contributed by atoms with Crippen molar-refractivity contribution in [2.24, 2.45) is 0 Å². The van der Waals surface area contributed by atoms with Crippen LogP contribution in [-0.2, 0) is 9.59 Å². The van der Waals surface area contributed by atoms with E-state index in [1.54, 1.807) is 6.07 Å². The molecular weight excluding hydrogens is 362 g/mol. The van der Waals surface area contributed by atoms with Gasteiger partial charge in [-0.3, -0.25) is 9.59 Å². The number of imide groups is 1. The van der Waals surface area contributed by atoms with E-state index < -0.39 is 0 Å². The molecule has 26 heavy (non-hydrogen) atoms. The lowest BCUT2D eigenvalue weighted by Crippen LogP contribution is -2.31. The fourth-order valence-electron chi connectivity index (χ4n) is 2.85. The largest absolute Gasteiger partial charge is 0.272 e. The molecule has 3 nitrogen and oxygen atoms in total. The molecule has 0 spiro atoms. The molecule has 0 bridgehead atoms. The lowest BCUT2D eigenvalue weighted by molar-refractivity contribution is -0.119. The van der Waals surface area contributed by atoms with Crippen molar-refractivity contribution in [2.75, 3.05) is 4.90 Å². The highest BCUT2D eigenvalue weighted by molar-refractivity contribution is 8.04. The zero-order valence-electron chi connectivity index (χ0n) is 14.0. The Hall–Kier alpha value is -2.63. The molecule has 128 valence electrons. The van der Waals surface area contributed by atoms with Crippen molar-refractivity contribution in [2.45, 2.75) is 11.8 Å². The average molecular weight is 377 g/mol. The van der Waals surface area contributed by atoms with Crippen LogP contribution in [0.3, 0.4) is 0 Å². The summed E-state index contributed by atoms with van der Waals surface area (Å²) in [7, 11) is 0. The third-order valence-corrected chi connectivity index (χ3v) is 6.01. The summed E-state index contributed by atoms with van der Waals surface area (Å²) in [6.07, 6.45) is 0. The highest BCUT2D eigenvalue weighted by Gasteiger charge is 2.40. The fourth-order valence-corrected chi connectivity index (χ4v) is 4.69. The molecule has 0 aliphatic carbocycles. The Morgan fingerprint density at radius 3 is 2.38 bits per heavy atom. The summed E-state index contributed by atoms with van der Waals surface area (Å²) in [5.74, 6) is -0.528. The third kappa shape index (κ3) is 3.00. The molecule has 2 aromatic carbocycles. The first kappa shape index (κ1) is 16.8. The standard InChI is InChI=1S/C21H15NO2S2/c1-14-7-5-8-15(13-14)22-20(23)18(17-11-6-12-25-17)19(21(22)24)26-16-9-3-2-4-10-16/h2-13H,1H3. The molecule has 0 N–H and O–H groups in total. The molecule has 1 aliphatic rings. The van der Waals surface area contributed by atoms with Gasteiger partial charge in [0.05, 0.1) is 16.2 Å². The second kappa shape index (κ2) is 6.94. The lowest BCUT2D eigenvalue weighted by Gasteiger charge is -2.15. The number of carbonyl (C=O) groups excluding carboxylic acids is 2. The molecule has 1 aromatic heterocycles. The molecule has 0 saturated heterocycles. The van der Waals surface area contributed by atoms with Crippen LogP contribution in [0.5, 0.6) is 0 Å². The number of nitrogens with zero attached hydrogens (tertiary/aromatic N) is 1. The number of anilines is 1. The molecule has 5 heteroatoms. The predicted octanol–water partition coefficient (Wildman–Crippen LogP) is 5.13. The molecule has 2 amide bonds. The number of thiophene rings is 1. The number of hydrogen-bond donors (Lipinski definition) is 0. The van der Waals surface area contributed by atoms with Crippen molar-refractivity contribution >= 4 is 46.2 Å². The van der Waals surface area contributed by atoms with Crippen LogP contribution < -0.4 is 4.90 Å². The van der Waals surface area contributed by atoms with Crippen LogP contribution in [0.15, 0.2) is 81.9 Å². The molecule has 0 atom stereocenters. The average Bonchev–Trinajstić information content (AvgIpc) is 3.23. The van der Waals surface area contributed by atoms with Crippen molar-refractivity contribution in [3.8, 4) is 0 Å². The molecule has 2 heterocycles. The van der Waals surface area contributed by atoms with Crippen LogP contribution in [0.1, 0.15) is 10.4 Å². The lowest BCUT2D eigenvalue weighted by atomic mass is 10.2. The summed E-state index contributed by atoms with van der Waals surface area (Å²) in [4.78, 5) is 29.8. The maximum absolute atomic E-state index is 13.2. The normalized spacial score (nSPS) is 14.4. The molecule has 4 rings (SSSR count). The SMILES string of the molecule is Cc1cccc(N2C(=O)C(Sc3ccccc3)=C(c3cccs3)C2=O)c1. The third-order valence-electron chi connectivity index (χ3n) is 4.03. The summed E-state index contributed by atoms with van der Waals surface area (Å²) in [6.45, 7) is 1.95. The summed E-state index contributed by atoms with van der Waals surface area (Å²) in [5.41, 5.74) is 2.10. The summed E-state index contributed by atoms with van der Waals surface area (Å²) in [5, 5.41) is 1.92. The number of thioether (sulfide) groups is 1. The summed E-state index contributed by atoms with van der Waals surface area (Å²) >= 11 is 2.82. The first-order chi connectivity index (χ1) is 12.6. The van der Waals surface area contributed by atoms with Crippen molar-refractivity contribution in [1.82, 2.24) is 0 Å². The van der Waals surface area contributed by atoms with E-state index in [1.165, 1.54) is 28.0 Å². The second-order valence-corrected chi connectivity index (χ2v) is 7.91. The van der Waals surface area contributed by atoms with E-state index in [0.29, 0.717) is 16.2 Å². The summed E-state index contributed by atoms with van der Waals surface area (Å²) < 4.78 is 0. The van der Waals surface area contributed by atoms with Gasteiger partial charge in [0.2, 0.25) is 0 Å². The molecule has 3 aromatic rings. The van der Waals surface area contributed by atoms with Gasteiger partial charge in [-0.05, 0) is 48.2 Å². The molecule has 0 unspecified atom stereocenters. The van der Waals surface area contributed by atoms with Crippen LogP contribution in [0.2, 0.25) is 0 Å². The van der Waals surface area contributed by atoms with Crippen LogP contribution in [0, 0.1) is 6.92 Å². The van der Waals surface area contributed by atoms with Crippen molar-refractivity contribution in [3.05, 3.63) is 87.5 Å². The number of amides is 2. The van der Waals surface area contributed by atoms with Crippen molar-refractivity contribution < 1.29 is 9.59 Å². The predicted molar refractivity (Wildman–Crippen MR) is 107 cm³/mol. The Morgan fingerprint density at radius 2 is 1.69 bits per heavy atom. The van der Waals surface area contributed by atoms with Gasteiger partial charge in [0.1, 0.15) is 0 Å². The Balaban J connectivity index is 1.81. The van der Waals surface area contributed by atoms with E-state index in [-0.39, 0.29) is 11.8 Å². The minimum absolute atomic E-state index is 0.263. The molecular formula is C21H15NO2S2. The van der Waals surface area contributed by atoms with Gasteiger partial charge >= 0.3 is 0 Å². The number of aryl methyl sites for hydroxylation is 1. The van der Waals surface area contributed by atoms with Gasteiger partial charge in [0, 0.05) is 9.77 Å². The van der Waals surface area contributed by atoms with Gasteiger partial charge in [-0.25, -0.2) is 4.90 Å². The first-order valence-electron chi connectivity index (χ1n) is 8.11. The van der Waals surface area contributed by atoms with E-state index >= 15 is 0 Å². The van der Waals surface area contributed by atoms with E-state index in [0.717, 1.165) is 15.3 Å². The highest BCUT2D eigenvalue weighted by atomic mass is 32.2. The quantitative estimate of drug-likeness (QED) is 0.591. The van der Waals surface area contributed by atoms with E-state index in [1.807, 2.05) is 73.0 Å². The van der Waals surface area contributed by atoms with E-state index in [9.17, 15) is 9.59 Å². The minimum atomic E-state index is -0.266. The van der Waals surface area contributed by atoms with E-state index in [2.05, 4.69) is 0 Å². The molecule has 0 saturated carbocycles. The van der Waals surface area contributed by atoms with Gasteiger partial charge in [-0.15, -0.1) is 11.3 Å². The van der Waals surface area contributed by atoms with Crippen molar-refractivity contribution in [3.63, 3.8) is 0 Å².